The Morgan fingerprint density at radius 2 is 2.06 bits per heavy atom. The zero-order valence-electron chi connectivity index (χ0n) is 19.2. The minimum absolute atomic E-state index is 0.0259. The molecule has 0 bridgehead atoms. The summed E-state index contributed by atoms with van der Waals surface area (Å²) in [4.78, 5) is 40.0. The van der Waals surface area contributed by atoms with Gasteiger partial charge in [-0.3, -0.25) is 14.5 Å². The highest BCUT2D eigenvalue weighted by atomic mass is 19.1. The van der Waals surface area contributed by atoms with Crippen LogP contribution in [0.5, 0.6) is 0 Å². The summed E-state index contributed by atoms with van der Waals surface area (Å²) in [5.74, 6) is -0.349. The molecular formula is C24H29FN6O3. The van der Waals surface area contributed by atoms with E-state index in [1.165, 1.54) is 0 Å². The maximum atomic E-state index is 14.7. The van der Waals surface area contributed by atoms with Crippen molar-refractivity contribution in [3.63, 3.8) is 0 Å². The topological polar surface area (TPSA) is 103 Å². The Morgan fingerprint density at radius 1 is 1.26 bits per heavy atom. The number of anilines is 1. The first-order valence-electron chi connectivity index (χ1n) is 11.8. The molecule has 2 saturated heterocycles. The van der Waals surface area contributed by atoms with Crippen LogP contribution in [0.15, 0.2) is 29.2 Å². The van der Waals surface area contributed by atoms with Crippen LogP contribution in [0.2, 0.25) is 0 Å². The Hall–Kier alpha value is -3.11. The number of nitrogens with zero attached hydrogens (tertiary/aromatic N) is 4. The third-order valence-corrected chi connectivity index (χ3v) is 6.82. The first kappa shape index (κ1) is 22.7. The Bertz CT molecular complexity index is 1150. The fourth-order valence-corrected chi connectivity index (χ4v) is 4.69. The number of aromatic nitrogens is 3. The van der Waals surface area contributed by atoms with E-state index in [0.717, 1.165) is 31.5 Å². The number of ether oxygens (including phenoxy) is 1. The molecule has 9 nitrogen and oxygen atoms in total. The van der Waals surface area contributed by atoms with Crippen LogP contribution < -0.4 is 15.8 Å². The van der Waals surface area contributed by atoms with Crippen molar-refractivity contribution in [3.8, 4) is 0 Å². The monoisotopic (exact) mass is 468 g/mol. The normalized spacial score (nSPS) is 21.3. The Balaban J connectivity index is 1.19. The molecule has 1 amide bonds. The number of aromatic amines is 1. The number of piperazine rings is 1. The van der Waals surface area contributed by atoms with Gasteiger partial charge in [-0.15, -0.1) is 0 Å². The van der Waals surface area contributed by atoms with Gasteiger partial charge in [0.1, 0.15) is 11.5 Å². The molecule has 4 heterocycles. The summed E-state index contributed by atoms with van der Waals surface area (Å²) >= 11 is 0. The number of hydrogen-bond acceptors (Lipinski definition) is 7. The predicted octanol–water partition coefficient (Wildman–Crippen LogP) is 1.36. The molecule has 1 unspecified atom stereocenters. The average molecular weight is 469 g/mol. The lowest BCUT2D eigenvalue weighted by Gasteiger charge is -2.38. The molecule has 0 radical (unpaired) electrons. The van der Waals surface area contributed by atoms with Crippen molar-refractivity contribution in [2.24, 2.45) is 0 Å². The summed E-state index contributed by atoms with van der Waals surface area (Å²) in [5.41, 5.74) is 2.20. The van der Waals surface area contributed by atoms with E-state index in [-0.39, 0.29) is 29.2 Å². The second-order valence-corrected chi connectivity index (χ2v) is 8.97. The van der Waals surface area contributed by atoms with Gasteiger partial charge in [0.05, 0.1) is 24.9 Å². The van der Waals surface area contributed by atoms with Gasteiger partial charge < -0.3 is 19.9 Å². The largest absolute Gasteiger partial charge is 0.377 e. The van der Waals surface area contributed by atoms with Crippen molar-refractivity contribution in [1.29, 1.82) is 0 Å². The van der Waals surface area contributed by atoms with Gasteiger partial charge in [-0.25, -0.2) is 9.97 Å². The number of rotatable bonds is 6. The van der Waals surface area contributed by atoms with Crippen LogP contribution in [0.25, 0.3) is 5.57 Å². The first-order chi connectivity index (χ1) is 16.5. The molecule has 2 aliphatic heterocycles. The predicted molar refractivity (Wildman–Crippen MR) is 125 cm³/mol. The molecule has 180 valence electrons. The molecule has 2 fully saturated rings. The van der Waals surface area contributed by atoms with E-state index >= 15 is 0 Å². The second-order valence-electron chi connectivity index (χ2n) is 8.97. The quantitative estimate of drug-likeness (QED) is 0.617. The molecule has 1 aliphatic carbocycles. The highest BCUT2D eigenvalue weighted by Gasteiger charge is 2.29. The zero-order valence-corrected chi connectivity index (χ0v) is 19.2. The van der Waals surface area contributed by atoms with E-state index < -0.39 is 5.95 Å². The Kier molecular flexibility index (Phi) is 6.42. The number of aryl methyl sites for hydroxylation is 1. The van der Waals surface area contributed by atoms with E-state index in [1.807, 2.05) is 11.8 Å². The molecule has 2 aromatic rings. The summed E-state index contributed by atoms with van der Waals surface area (Å²) in [6, 6.07) is 3.46. The Morgan fingerprint density at radius 3 is 2.71 bits per heavy atom. The van der Waals surface area contributed by atoms with Crippen molar-refractivity contribution in [3.05, 3.63) is 57.8 Å². The Labute approximate surface area is 197 Å². The van der Waals surface area contributed by atoms with Gasteiger partial charge in [-0.1, -0.05) is 13.0 Å². The van der Waals surface area contributed by atoms with Crippen molar-refractivity contribution < 1.29 is 13.9 Å². The molecule has 3 aliphatic rings. The zero-order chi connectivity index (χ0) is 23.7. The van der Waals surface area contributed by atoms with Crippen LogP contribution in [-0.2, 0) is 11.2 Å². The highest BCUT2D eigenvalue weighted by molar-refractivity contribution is 5.92. The fraction of sp³-hybridized carbons (Fsp3) is 0.500. The lowest BCUT2D eigenvalue weighted by molar-refractivity contribution is -0.00356. The molecule has 10 heteroatoms. The summed E-state index contributed by atoms with van der Waals surface area (Å²) in [6.45, 7) is 5.82. The molecular weight excluding hydrogens is 439 g/mol. The smallest absolute Gasteiger partial charge is 0.270 e. The van der Waals surface area contributed by atoms with Crippen LogP contribution in [0.1, 0.15) is 41.6 Å². The number of nitrogens with one attached hydrogen (secondary N) is 2. The molecule has 2 aromatic heterocycles. The maximum Gasteiger partial charge on any atom is 0.270 e. The second kappa shape index (κ2) is 9.63. The number of hydrogen-bond donors (Lipinski definition) is 2. The van der Waals surface area contributed by atoms with Gasteiger partial charge in [-0.2, -0.15) is 4.39 Å². The number of amides is 1. The molecule has 1 atom stereocenters. The molecule has 0 aromatic carbocycles. The van der Waals surface area contributed by atoms with Crippen LogP contribution in [0, 0.1) is 5.95 Å². The van der Waals surface area contributed by atoms with Crippen molar-refractivity contribution in [1.82, 2.24) is 25.2 Å². The number of carbonyl (C=O) groups is 1. The summed E-state index contributed by atoms with van der Waals surface area (Å²) in [7, 11) is 0. The van der Waals surface area contributed by atoms with Crippen LogP contribution in [0.3, 0.4) is 0 Å². The minimum Gasteiger partial charge on any atom is -0.377 e. The fourth-order valence-electron chi connectivity index (χ4n) is 4.69. The van der Waals surface area contributed by atoms with Crippen LogP contribution in [-0.4, -0.2) is 77.2 Å². The maximum absolute atomic E-state index is 14.7. The molecule has 0 saturated carbocycles. The van der Waals surface area contributed by atoms with Crippen molar-refractivity contribution in [2.75, 3.05) is 44.3 Å². The van der Waals surface area contributed by atoms with E-state index in [2.05, 4.69) is 31.2 Å². The third kappa shape index (κ3) is 4.60. The number of halogens is 1. The van der Waals surface area contributed by atoms with Gasteiger partial charge in [-0.05, 0) is 37.0 Å². The minimum atomic E-state index is -0.625. The van der Waals surface area contributed by atoms with Gasteiger partial charge >= 0.3 is 0 Å². The number of carbonyl (C=O) groups excluding carboxylic acids is 1. The molecule has 0 spiro atoms. The van der Waals surface area contributed by atoms with E-state index in [1.54, 1.807) is 18.3 Å². The van der Waals surface area contributed by atoms with Crippen molar-refractivity contribution in [2.45, 2.75) is 38.3 Å². The first-order valence-corrected chi connectivity index (χ1v) is 11.8. The summed E-state index contributed by atoms with van der Waals surface area (Å²) in [6.07, 6.45) is 6.37. The summed E-state index contributed by atoms with van der Waals surface area (Å²) in [5, 5.41) is 2.78. The third-order valence-electron chi connectivity index (χ3n) is 6.82. The number of pyridine rings is 1. The van der Waals surface area contributed by atoms with Gasteiger partial charge in [0.25, 0.3) is 11.5 Å². The highest BCUT2D eigenvalue weighted by Crippen LogP contribution is 2.30. The average Bonchev–Trinajstić information content (AvgIpc) is 3.32. The van der Waals surface area contributed by atoms with Gasteiger partial charge in [0.15, 0.2) is 0 Å². The lowest BCUT2D eigenvalue weighted by Crippen LogP contribution is -2.50. The van der Waals surface area contributed by atoms with Crippen molar-refractivity contribution >= 4 is 17.2 Å². The SMILES string of the molecule is CCc1cnc(C2=CC(N3CCN(c4ccc(C(=O)NC5COC5)nc4F)CC3)CC2)[nH]c1=O. The number of H-pyrrole nitrogens is 1. The standard InChI is InChI=1S/C24H29FN6O3/c1-2-15-12-26-22(29-23(15)32)16-3-4-18(11-16)30-7-9-31(10-8-30)20-6-5-19(28-21(20)25)24(33)27-17-13-34-14-17/h5-6,11-12,17-18H,2-4,7-10,13-14H2,1H3,(H,27,33)(H,26,29,32). The summed E-state index contributed by atoms with van der Waals surface area (Å²) < 4.78 is 19.8. The van der Waals surface area contributed by atoms with Crippen LogP contribution in [0.4, 0.5) is 10.1 Å². The molecule has 5 rings (SSSR count). The molecule has 34 heavy (non-hydrogen) atoms. The number of allylic oxidation sites excluding steroid dienone is 1. The molecule has 2 N–H and O–H groups in total. The lowest BCUT2D eigenvalue weighted by atomic mass is 10.1. The van der Waals surface area contributed by atoms with Gasteiger partial charge in [0, 0.05) is 44.0 Å². The van der Waals surface area contributed by atoms with E-state index in [4.69, 9.17) is 4.74 Å². The van der Waals surface area contributed by atoms with E-state index in [0.29, 0.717) is 49.8 Å². The van der Waals surface area contributed by atoms with Crippen LogP contribution >= 0.6 is 0 Å². The van der Waals surface area contributed by atoms with Gasteiger partial charge in [0.2, 0.25) is 5.95 Å². The van der Waals surface area contributed by atoms with E-state index in [9.17, 15) is 14.0 Å².